The number of aromatic nitrogens is 2. The molecule has 0 unspecified atom stereocenters. The maximum atomic E-state index is 13.5. The molecule has 0 radical (unpaired) electrons. The van der Waals surface area contributed by atoms with E-state index in [4.69, 9.17) is 9.15 Å². The van der Waals surface area contributed by atoms with Crippen molar-refractivity contribution < 1.29 is 18.7 Å². The number of hydrogen-bond acceptors (Lipinski definition) is 5. The van der Waals surface area contributed by atoms with Gasteiger partial charge in [0, 0.05) is 23.8 Å². The van der Waals surface area contributed by atoms with Gasteiger partial charge in [-0.2, -0.15) is 4.98 Å². The average Bonchev–Trinajstić information content (AvgIpc) is 3.40. The molecule has 2 N–H and O–H groups in total. The third-order valence-electron chi connectivity index (χ3n) is 6.28. The van der Waals surface area contributed by atoms with Crippen LogP contribution in [0, 0.1) is 0 Å². The molecule has 4 aromatic rings. The lowest BCUT2D eigenvalue weighted by atomic mass is 9.91. The summed E-state index contributed by atoms with van der Waals surface area (Å²) in [6, 6.07) is 14.2. The lowest BCUT2D eigenvalue weighted by molar-refractivity contribution is 0.0488. The highest BCUT2D eigenvalue weighted by molar-refractivity contribution is 6.00. The van der Waals surface area contributed by atoms with Crippen LogP contribution >= 0.6 is 0 Å². The number of imidazole rings is 1. The van der Waals surface area contributed by atoms with Crippen LogP contribution in [0.15, 0.2) is 59.3 Å². The Morgan fingerprint density at radius 3 is 2.40 bits per heavy atom. The van der Waals surface area contributed by atoms with Gasteiger partial charge < -0.3 is 19.8 Å². The van der Waals surface area contributed by atoms with Gasteiger partial charge in [0.25, 0.3) is 5.91 Å². The predicted molar refractivity (Wildman–Crippen MR) is 133 cm³/mol. The molecule has 2 aromatic heterocycles. The molecule has 0 spiro atoms. The molecule has 2 aromatic carbocycles. The van der Waals surface area contributed by atoms with E-state index >= 15 is 0 Å². The van der Waals surface area contributed by atoms with Crippen LogP contribution in [0.5, 0.6) is 0 Å². The van der Waals surface area contributed by atoms with Crippen molar-refractivity contribution in [1.29, 1.82) is 0 Å². The maximum Gasteiger partial charge on any atom is 0.407 e. The van der Waals surface area contributed by atoms with E-state index in [0.717, 1.165) is 42.0 Å². The predicted octanol–water partition coefficient (Wildman–Crippen LogP) is 5.31. The molecular weight excluding hydrogens is 444 g/mol. The fourth-order valence-electron chi connectivity index (χ4n) is 4.65. The third-order valence-corrected chi connectivity index (χ3v) is 6.28. The molecule has 0 bridgehead atoms. The van der Waals surface area contributed by atoms with Gasteiger partial charge >= 0.3 is 11.9 Å². The molecule has 1 aliphatic rings. The summed E-state index contributed by atoms with van der Waals surface area (Å²) >= 11 is 0. The first kappa shape index (κ1) is 23.0. The van der Waals surface area contributed by atoms with Gasteiger partial charge in [-0.05, 0) is 63.3 Å². The number of carbonyl (C=O) groups is 2. The fourth-order valence-corrected chi connectivity index (χ4v) is 4.65. The second-order valence-corrected chi connectivity index (χ2v) is 10.1. The molecule has 35 heavy (non-hydrogen) atoms. The minimum Gasteiger partial charge on any atom is -0.444 e. The van der Waals surface area contributed by atoms with Crippen LogP contribution in [0.4, 0.5) is 4.79 Å². The summed E-state index contributed by atoms with van der Waals surface area (Å²) in [6.45, 7) is 5.54. The zero-order valence-electron chi connectivity index (χ0n) is 20.2. The van der Waals surface area contributed by atoms with E-state index in [9.17, 15) is 9.59 Å². The van der Waals surface area contributed by atoms with Crippen molar-refractivity contribution in [1.82, 2.24) is 20.0 Å². The van der Waals surface area contributed by atoms with Crippen LogP contribution in [0.3, 0.4) is 0 Å². The summed E-state index contributed by atoms with van der Waals surface area (Å²) < 4.78 is 12.5. The van der Waals surface area contributed by atoms with Crippen LogP contribution in [0.25, 0.3) is 27.9 Å². The molecule has 8 nitrogen and oxygen atoms in total. The number of alkyl carbamates (subject to hydrolysis) is 1. The molecular formula is C27H30N4O4. The van der Waals surface area contributed by atoms with Crippen molar-refractivity contribution in [2.45, 2.75) is 64.1 Å². The second kappa shape index (κ2) is 9.09. The Hall–Kier alpha value is -3.81. The molecule has 2 heterocycles. The zero-order valence-corrected chi connectivity index (χ0v) is 20.2. The number of fused-ring (bicyclic) bond motifs is 2. The average molecular weight is 475 g/mol. The van der Waals surface area contributed by atoms with E-state index in [0.29, 0.717) is 17.2 Å². The highest BCUT2D eigenvalue weighted by Crippen LogP contribution is 2.29. The van der Waals surface area contributed by atoms with Gasteiger partial charge in [0.1, 0.15) is 23.3 Å². The van der Waals surface area contributed by atoms with E-state index < -0.39 is 11.7 Å². The monoisotopic (exact) mass is 474 g/mol. The van der Waals surface area contributed by atoms with Crippen LogP contribution < -0.4 is 10.6 Å². The zero-order chi connectivity index (χ0) is 24.6. The Balaban J connectivity index is 1.30. The van der Waals surface area contributed by atoms with Crippen molar-refractivity contribution in [2.24, 2.45) is 0 Å². The van der Waals surface area contributed by atoms with Crippen molar-refractivity contribution in [2.75, 3.05) is 0 Å². The smallest absolute Gasteiger partial charge is 0.407 e. The minimum atomic E-state index is -0.526. The van der Waals surface area contributed by atoms with E-state index in [2.05, 4.69) is 21.7 Å². The molecule has 0 aliphatic heterocycles. The summed E-state index contributed by atoms with van der Waals surface area (Å²) in [7, 11) is 0. The van der Waals surface area contributed by atoms with Gasteiger partial charge in [-0.3, -0.25) is 9.20 Å². The lowest BCUT2D eigenvalue weighted by Gasteiger charge is -2.30. The highest BCUT2D eigenvalue weighted by atomic mass is 16.6. The molecule has 182 valence electrons. The Morgan fingerprint density at radius 2 is 1.69 bits per heavy atom. The Morgan fingerprint density at radius 1 is 1.00 bits per heavy atom. The van der Waals surface area contributed by atoms with Gasteiger partial charge in [0.2, 0.25) is 0 Å². The van der Waals surface area contributed by atoms with E-state index in [1.807, 2.05) is 57.2 Å². The maximum absolute atomic E-state index is 13.5. The highest BCUT2D eigenvalue weighted by Gasteiger charge is 2.28. The molecule has 2 amide bonds. The molecule has 0 atom stereocenters. The minimum absolute atomic E-state index is 0.0149. The number of ether oxygens (including phenoxy) is 1. The number of hydrogen-bond donors (Lipinski definition) is 2. The van der Waals surface area contributed by atoms with Crippen LogP contribution in [-0.4, -0.2) is 39.1 Å². The first-order valence-electron chi connectivity index (χ1n) is 12.0. The number of nitrogens with zero attached hydrogens (tertiary/aromatic N) is 2. The first-order valence-corrected chi connectivity index (χ1v) is 12.0. The SMILES string of the molecule is CC(C)(C)OC(=O)NC1CCC(NC(=O)c2c(-c3ccc4ccccc4c3)nc3occn23)CC1. The number of carbonyl (C=O) groups excluding carboxylic acids is 2. The second-order valence-electron chi connectivity index (χ2n) is 10.1. The summed E-state index contributed by atoms with van der Waals surface area (Å²) in [5, 5.41) is 8.33. The van der Waals surface area contributed by atoms with Gasteiger partial charge in [-0.25, -0.2) is 4.79 Å². The number of benzene rings is 2. The van der Waals surface area contributed by atoms with Gasteiger partial charge in [0.05, 0.1) is 0 Å². The molecule has 1 saturated carbocycles. The number of oxazole rings is 1. The molecule has 5 rings (SSSR count). The van der Waals surface area contributed by atoms with E-state index in [1.54, 1.807) is 10.6 Å². The Bertz CT molecular complexity index is 1370. The summed E-state index contributed by atoms with van der Waals surface area (Å²) in [5.41, 5.74) is 1.38. The van der Waals surface area contributed by atoms with Crippen molar-refractivity contribution in [3.63, 3.8) is 0 Å². The third kappa shape index (κ3) is 5.01. The van der Waals surface area contributed by atoms with Crippen LogP contribution in [-0.2, 0) is 4.74 Å². The molecule has 1 fully saturated rings. The number of rotatable bonds is 4. The summed E-state index contributed by atoms with van der Waals surface area (Å²) in [4.78, 5) is 30.1. The Kier molecular flexibility index (Phi) is 5.96. The van der Waals surface area contributed by atoms with E-state index in [-0.39, 0.29) is 18.0 Å². The normalized spacial score (nSPS) is 18.5. The first-order chi connectivity index (χ1) is 16.8. The Labute approximate surface area is 203 Å². The van der Waals surface area contributed by atoms with Crippen LogP contribution in [0.1, 0.15) is 56.9 Å². The molecule has 8 heteroatoms. The largest absolute Gasteiger partial charge is 0.444 e. The van der Waals surface area contributed by atoms with Gasteiger partial charge in [-0.15, -0.1) is 0 Å². The van der Waals surface area contributed by atoms with Crippen molar-refractivity contribution in [3.05, 3.63) is 60.6 Å². The van der Waals surface area contributed by atoms with E-state index in [1.165, 1.54) is 6.26 Å². The number of nitrogens with one attached hydrogen (secondary N) is 2. The van der Waals surface area contributed by atoms with Crippen molar-refractivity contribution in [3.8, 4) is 11.3 Å². The van der Waals surface area contributed by atoms with Gasteiger partial charge in [0.15, 0.2) is 0 Å². The topological polar surface area (TPSA) is 97.9 Å². The summed E-state index contributed by atoms with van der Waals surface area (Å²) in [5.74, 6) is 0.189. The van der Waals surface area contributed by atoms with Crippen molar-refractivity contribution >= 4 is 28.6 Å². The molecule has 0 saturated heterocycles. The quantitative estimate of drug-likeness (QED) is 0.418. The summed E-state index contributed by atoms with van der Waals surface area (Å²) in [6.07, 6.45) is 5.92. The van der Waals surface area contributed by atoms with Gasteiger partial charge in [-0.1, -0.05) is 36.4 Å². The lowest BCUT2D eigenvalue weighted by Crippen LogP contribution is -2.45. The number of amides is 2. The van der Waals surface area contributed by atoms with Crippen LogP contribution in [0.2, 0.25) is 0 Å². The molecule has 1 aliphatic carbocycles. The standard InChI is InChI=1S/C27H30N4O4/c1-27(2,3)35-26(33)29-21-12-10-20(11-13-21)28-24(32)23-22(30-25-31(23)14-15-34-25)19-9-8-17-6-4-5-7-18(17)16-19/h4-9,14-16,20-21H,10-13H2,1-3H3,(H,28,32)(H,29,33). The fraction of sp³-hybridized carbons (Fsp3) is 0.370.